The third kappa shape index (κ3) is 6.98. The largest absolute Gasteiger partial charge is 0.377 e. The zero-order valence-corrected chi connectivity index (χ0v) is 17.3. The Bertz CT molecular complexity index is 952. The fourth-order valence-corrected chi connectivity index (χ4v) is 3.14. The number of benzene rings is 3. The van der Waals surface area contributed by atoms with E-state index in [2.05, 4.69) is 55.1 Å². The molecule has 0 heterocycles. The molecule has 3 rings (SSSR count). The lowest BCUT2D eigenvalue weighted by molar-refractivity contribution is 0.104. The summed E-state index contributed by atoms with van der Waals surface area (Å²) in [5, 5.41) is 0. The SMILES string of the molecule is C=Cc1ccc(COCCCCc2ccc(C=CC(=O)c3ccccc3)cc2)cc1. The number of hydrogen-bond acceptors (Lipinski definition) is 2. The molecule has 0 aliphatic carbocycles. The molecule has 152 valence electrons. The number of carbonyl (C=O) groups is 1. The predicted molar refractivity (Wildman–Crippen MR) is 125 cm³/mol. The van der Waals surface area contributed by atoms with Gasteiger partial charge in [0.05, 0.1) is 6.61 Å². The first-order valence-corrected chi connectivity index (χ1v) is 10.4. The highest BCUT2D eigenvalue weighted by atomic mass is 16.5. The minimum Gasteiger partial charge on any atom is -0.377 e. The van der Waals surface area contributed by atoms with Gasteiger partial charge in [-0.25, -0.2) is 0 Å². The molecule has 0 amide bonds. The lowest BCUT2D eigenvalue weighted by Crippen LogP contribution is -1.97. The monoisotopic (exact) mass is 396 g/mol. The predicted octanol–water partition coefficient (Wildman–Crippen LogP) is 6.77. The quantitative estimate of drug-likeness (QED) is 0.203. The molecule has 0 bridgehead atoms. The Morgan fingerprint density at radius 3 is 2.17 bits per heavy atom. The van der Waals surface area contributed by atoms with E-state index in [1.807, 2.05) is 42.5 Å². The first-order valence-electron chi connectivity index (χ1n) is 10.4. The van der Waals surface area contributed by atoms with E-state index in [9.17, 15) is 4.79 Å². The van der Waals surface area contributed by atoms with Gasteiger partial charge in [-0.15, -0.1) is 0 Å². The zero-order chi connectivity index (χ0) is 21.0. The van der Waals surface area contributed by atoms with Gasteiger partial charge in [-0.1, -0.05) is 97.6 Å². The standard InChI is InChI=1S/C28H28O2/c1-2-23-11-17-26(18-12-23)22-30-21-7-6-8-24-13-15-25(16-14-24)19-20-28(29)27-9-4-3-5-10-27/h2-5,9-20H,1,6-8,21-22H2. The molecule has 0 spiro atoms. The molecule has 0 aromatic heterocycles. The van der Waals surface area contributed by atoms with E-state index in [4.69, 9.17) is 4.74 Å². The molecule has 0 fully saturated rings. The molecule has 30 heavy (non-hydrogen) atoms. The van der Waals surface area contributed by atoms with Crippen molar-refractivity contribution in [3.8, 4) is 0 Å². The van der Waals surface area contributed by atoms with Crippen molar-refractivity contribution in [2.24, 2.45) is 0 Å². The molecule has 0 aliphatic rings. The van der Waals surface area contributed by atoms with Gasteiger partial charge in [0, 0.05) is 12.2 Å². The number of allylic oxidation sites excluding steroid dienone is 1. The van der Waals surface area contributed by atoms with Gasteiger partial charge in [-0.2, -0.15) is 0 Å². The summed E-state index contributed by atoms with van der Waals surface area (Å²) in [6, 6.07) is 26.0. The van der Waals surface area contributed by atoms with Crippen molar-refractivity contribution in [1.29, 1.82) is 0 Å². The molecule has 0 atom stereocenters. The molecular formula is C28H28O2. The molecule has 0 saturated carbocycles. The first-order chi connectivity index (χ1) is 14.7. The van der Waals surface area contributed by atoms with E-state index in [0.717, 1.165) is 37.0 Å². The molecule has 3 aromatic carbocycles. The van der Waals surface area contributed by atoms with Crippen molar-refractivity contribution in [2.75, 3.05) is 6.61 Å². The average molecular weight is 397 g/mol. The molecule has 0 unspecified atom stereocenters. The lowest BCUT2D eigenvalue weighted by Gasteiger charge is -2.06. The van der Waals surface area contributed by atoms with Crippen LogP contribution in [0.1, 0.15) is 45.5 Å². The maximum atomic E-state index is 12.1. The van der Waals surface area contributed by atoms with Crippen molar-refractivity contribution < 1.29 is 9.53 Å². The number of unbranched alkanes of at least 4 members (excludes halogenated alkanes) is 1. The summed E-state index contributed by atoms with van der Waals surface area (Å²) in [5.41, 5.74) is 5.37. The Morgan fingerprint density at radius 1 is 0.800 bits per heavy atom. The molecule has 2 heteroatoms. The van der Waals surface area contributed by atoms with Crippen LogP contribution in [0.25, 0.3) is 12.2 Å². The highest BCUT2D eigenvalue weighted by molar-refractivity contribution is 6.06. The Hall–Kier alpha value is -3.23. The van der Waals surface area contributed by atoms with Crippen molar-refractivity contribution in [3.05, 3.63) is 119 Å². The van der Waals surface area contributed by atoms with Crippen molar-refractivity contribution >= 4 is 17.9 Å². The first kappa shape index (κ1) is 21.5. The topological polar surface area (TPSA) is 26.3 Å². The van der Waals surface area contributed by atoms with E-state index < -0.39 is 0 Å². The second-order valence-electron chi connectivity index (χ2n) is 7.26. The van der Waals surface area contributed by atoms with Crippen LogP contribution in [0, 0.1) is 0 Å². The fraction of sp³-hybridized carbons (Fsp3) is 0.179. The molecule has 0 saturated heterocycles. The number of rotatable bonds is 11. The number of ether oxygens (including phenoxy) is 1. The summed E-state index contributed by atoms with van der Waals surface area (Å²) < 4.78 is 5.77. The van der Waals surface area contributed by atoms with E-state index in [0.29, 0.717) is 12.2 Å². The van der Waals surface area contributed by atoms with Crippen LogP contribution in [0.2, 0.25) is 0 Å². The summed E-state index contributed by atoms with van der Waals surface area (Å²) in [6.07, 6.45) is 8.51. The van der Waals surface area contributed by atoms with Gasteiger partial charge in [-0.3, -0.25) is 4.79 Å². The number of hydrogen-bond donors (Lipinski definition) is 0. The number of carbonyl (C=O) groups excluding carboxylic acids is 1. The average Bonchev–Trinajstić information content (AvgIpc) is 2.81. The van der Waals surface area contributed by atoms with Crippen LogP contribution in [0.4, 0.5) is 0 Å². The highest BCUT2D eigenvalue weighted by Crippen LogP contribution is 2.11. The maximum absolute atomic E-state index is 12.1. The highest BCUT2D eigenvalue weighted by Gasteiger charge is 2.00. The molecule has 0 N–H and O–H groups in total. The van der Waals surface area contributed by atoms with Crippen molar-refractivity contribution in [2.45, 2.75) is 25.9 Å². The second-order valence-corrected chi connectivity index (χ2v) is 7.26. The van der Waals surface area contributed by atoms with Gasteiger partial charge in [-0.05, 0) is 47.6 Å². The van der Waals surface area contributed by atoms with Gasteiger partial charge < -0.3 is 4.74 Å². The summed E-state index contributed by atoms with van der Waals surface area (Å²) in [7, 11) is 0. The van der Waals surface area contributed by atoms with Crippen LogP contribution in [-0.4, -0.2) is 12.4 Å². The van der Waals surface area contributed by atoms with Crippen LogP contribution >= 0.6 is 0 Å². The Kier molecular flexibility index (Phi) is 8.37. The number of aryl methyl sites for hydroxylation is 1. The minimum absolute atomic E-state index is 0.0244. The van der Waals surface area contributed by atoms with Crippen molar-refractivity contribution in [1.82, 2.24) is 0 Å². The van der Waals surface area contributed by atoms with Crippen LogP contribution < -0.4 is 0 Å². The smallest absolute Gasteiger partial charge is 0.185 e. The minimum atomic E-state index is 0.0244. The lowest BCUT2D eigenvalue weighted by atomic mass is 10.0. The van der Waals surface area contributed by atoms with Crippen molar-refractivity contribution in [3.63, 3.8) is 0 Å². The van der Waals surface area contributed by atoms with Crippen LogP contribution in [0.3, 0.4) is 0 Å². The van der Waals surface area contributed by atoms with Crippen LogP contribution in [0.5, 0.6) is 0 Å². The van der Waals surface area contributed by atoms with Gasteiger partial charge in [0.1, 0.15) is 0 Å². The zero-order valence-electron chi connectivity index (χ0n) is 17.3. The van der Waals surface area contributed by atoms with E-state index in [-0.39, 0.29) is 5.78 Å². The van der Waals surface area contributed by atoms with Gasteiger partial charge >= 0.3 is 0 Å². The maximum Gasteiger partial charge on any atom is 0.185 e. The normalized spacial score (nSPS) is 10.9. The summed E-state index contributed by atoms with van der Waals surface area (Å²) >= 11 is 0. The third-order valence-electron chi connectivity index (χ3n) is 4.95. The van der Waals surface area contributed by atoms with E-state index >= 15 is 0 Å². The Morgan fingerprint density at radius 2 is 1.47 bits per heavy atom. The third-order valence-corrected chi connectivity index (χ3v) is 4.95. The van der Waals surface area contributed by atoms with Crippen LogP contribution in [0.15, 0.2) is 91.5 Å². The fourth-order valence-electron chi connectivity index (χ4n) is 3.14. The molecular weight excluding hydrogens is 368 g/mol. The number of ketones is 1. The summed E-state index contributed by atoms with van der Waals surface area (Å²) in [6.45, 7) is 5.19. The molecule has 0 aliphatic heterocycles. The van der Waals surface area contributed by atoms with Gasteiger partial charge in [0.25, 0.3) is 0 Å². The molecule has 0 radical (unpaired) electrons. The second kappa shape index (κ2) is 11.7. The van der Waals surface area contributed by atoms with E-state index in [1.165, 1.54) is 11.1 Å². The summed E-state index contributed by atoms with van der Waals surface area (Å²) in [4.78, 5) is 12.1. The Labute approximate surface area is 179 Å². The Balaban J connectivity index is 1.34. The van der Waals surface area contributed by atoms with E-state index in [1.54, 1.807) is 6.08 Å². The van der Waals surface area contributed by atoms with Gasteiger partial charge in [0.2, 0.25) is 0 Å². The molecule has 2 nitrogen and oxygen atoms in total. The van der Waals surface area contributed by atoms with Gasteiger partial charge in [0.15, 0.2) is 5.78 Å². The molecule has 3 aromatic rings. The van der Waals surface area contributed by atoms with Crippen LogP contribution in [-0.2, 0) is 17.8 Å². The summed E-state index contributed by atoms with van der Waals surface area (Å²) in [5.74, 6) is 0.0244.